The lowest BCUT2D eigenvalue weighted by Gasteiger charge is -2.15. The number of halogens is 4. The molecule has 0 aliphatic carbocycles. The van der Waals surface area contributed by atoms with Gasteiger partial charge in [0.1, 0.15) is 5.82 Å². The van der Waals surface area contributed by atoms with Crippen molar-refractivity contribution >= 4 is 24.1 Å². The Labute approximate surface area is 137 Å². The van der Waals surface area contributed by atoms with E-state index >= 15 is 0 Å². The van der Waals surface area contributed by atoms with Gasteiger partial charge in [-0.3, -0.25) is 4.79 Å². The van der Waals surface area contributed by atoms with Crippen LogP contribution in [0, 0.1) is 6.92 Å². The summed E-state index contributed by atoms with van der Waals surface area (Å²) in [5.74, 6) is -0.178. The summed E-state index contributed by atoms with van der Waals surface area (Å²) in [5, 5.41) is 9.26. The number of anilines is 1. The summed E-state index contributed by atoms with van der Waals surface area (Å²) in [5.41, 5.74) is -0.457. The summed E-state index contributed by atoms with van der Waals surface area (Å²) in [4.78, 5) is 11.7. The van der Waals surface area contributed by atoms with Crippen molar-refractivity contribution in [3.8, 4) is 5.69 Å². The molecular weight excluding hydrogens is 333 g/mol. The molecule has 0 bridgehead atoms. The van der Waals surface area contributed by atoms with Crippen LogP contribution in [-0.2, 0) is 11.0 Å². The van der Waals surface area contributed by atoms with Crippen molar-refractivity contribution in [2.45, 2.75) is 13.1 Å². The van der Waals surface area contributed by atoms with Gasteiger partial charge in [-0.05, 0) is 26.1 Å². The van der Waals surface area contributed by atoms with Gasteiger partial charge >= 0.3 is 6.18 Å². The average Bonchev–Trinajstić information content (AvgIpc) is 2.78. The van der Waals surface area contributed by atoms with Gasteiger partial charge in [0.15, 0.2) is 0 Å². The fraction of sp³-hybridized carbons (Fsp3) is 0.286. The molecule has 9 heteroatoms. The van der Waals surface area contributed by atoms with Crippen LogP contribution in [0.3, 0.4) is 0 Å². The van der Waals surface area contributed by atoms with Gasteiger partial charge in [0.2, 0.25) is 5.91 Å². The number of hydrogen-bond donors (Lipinski definition) is 2. The van der Waals surface area contributed by atoms with Crippen molar-refractivity contribution in [1.82, 2.24) is 15.1 Å². The predicted octanol–water partition coefficient (Wildman–Crippen LogP) is 2.78. The quantitative estimate of drug-likeness (QED) is 0.893. The van der Waals surface area contributed by atoms with Gasteiger partial charge in [-0.25, -0.2) is 4.68 Å². The molecule has 23 heavy (non-hydrogen) atoms. The highest BCUT2D eigenvalue weighted by atomic mass is 35.5. The number of carbonyl (C=O) groups is 1. The second-order valence-corrected chi connectivity index (χ2v) is 4.68. The number of aromatic nitrogens is 2. The third-order valence-corrected chi connectivity index (χ3v) is 2.87. The zero-order chi connectivity index (χ0) is 16.3. The summed E-state index contributed by atoms with van der Waals surface area (Å²) >= 11 is 0. The first-order valence-electron chi connectivity index (χ1n) is 6.50. The molecule has 2 rings (SSSR count). The van der Waals surface area contributed by atoms with Gasteiger partial charge in [-0.15, -0.1) is 12.4 Å². The van der Waals surface area contributed by atoms with E-state index in [4.69, 9.17) is 0 Å². The standard InChI is InChI=1S/C14H15F3N4O.ClH/c1-9-7-12(19-13(22)8-18-2)21(20-9)11-6-4-3-5-10(11)14(15,16)17;/h3-7,18H,8H2,1-2H3,(H,19,22);1H. The zero-order valence-electron chi connectivity index (χ0n) is 12.4. The number of benzene rings is 1. The maximum Gasteiger partial charge on any atom is 0.418 e. The van der Waals surface area contributed by atoms with Crippen molar-refractivity contribution in [3.05, 3.63) is 41.6 Å². The Hall–Kier alpha value is -2.06. The highest BCUT2D eigenvalue weighted by Gasteiger charge is 2.34. The normalized spacial score (nSPS) is 11.0. The van der Waals surface area contributed by atoms with Gasteiger partial charge in [0, 0.05) is 6.07 Å². The molecule has 0 atom stereocenters. The molecule has 1 aromatic carbocycles. The number of hydrogen-bond acceptors (Lipinski definition) is 3. The zero-order valence-corrected chi connectivity index (χ0v) is 13.3. The maximum atomic E-state index is 13.1. The average molecular weight is 349 g/mol. The van der Waals surface area contributed by atoms with E-state index in [1.54, 1.807) is 14.0 Å². The number of amides is 1. The number of nitrogens with one attached hydrogen (secondary N) is 2. The van der Waals surface area contributed by atoms with Crippen LogP contribution in [0.1, 0.15) is 11.3 Å². The first-order chi connectivity index (χ1) is 10.3. The van der Waals surface area contributed by atoms with E-state index in [-0.39, 0.29) is 36.4 Å². The van der Waals surface area contributed by atoms with E-state index in [1.807, 2.05) is 0 Å². The van der Waals surface area contributed by atoms with Gasteiger partial charge < -0.3 is 10.6 Å². The van der Waals surface area contributed by atoms with Crippen molar-refractivity contribution in [2.24, 2.45) is 0 Å². The molecular formula is C14H16ClF3N4O. The first kappa shape index (κ1) is 19.0. The molecule has 1 aromatic heterocycles. The minimum absolute atomic E-state index is 0. The van der Waals surface area contributed by atoms with E-state index in [1.165, 1.54) is 24.3 Å². The van der Waals surface area contributed by atoms with Crippen LogP contribution in [0.5, 0.6) is 0 Å². The van der Waals surface area contributed by atoms with E-state index in [2.05, 4.69) is 15.7 Å². The summed E-state index contributed by atoms with van der Waals surface area (Å²) in [6.45, 7) is 1.69. The van der Waals surface area contributed by atoms with Crippen LogP contribution in [0.15, 0.2) is 30.3 Å². The number of aryl methyl sites for hydroxylation is 1. The Morgan fingerprint density at radius 3 is 2.57 bits per heavy atom. The van der Waals surface area contributed by atoms with Crippen LogP contribution in [-0.4, -0.2) is 29.3 Å². The molecule has 1 heterocycles. The molecule has 2 aromatic rings. The number of likely N-dealkylation sites (N-methyl/N-ethyl adjacent to an activating group) is 1. The lowest BCUT2D eigenvalue weighted by molar-refractivity contribution is -0.137. The molecule has 0 fully saturated rings. The van der Waals surface area contributed by atoms with E-state index in [0.29, 0.717) is 5.69 Å². The van der Waals surface area contributed by atoms with Gasteiger partial charge in [0.25, 0.3) is 0 Å². The largest absolute Gasteiger partial charge is 0.418 e. The van der Waals surface area contributed by atoms with Crippen molar-refractivity contribution in [3.63, 3.8) is 0 Å². The third kappa shape index (κ3) is 4.46. The topological polar surface area (TPSA) is 59.0 Å². The van der Waals surface area contributed by atoms with E-state index < -0.39 is 11.7 Å². The van der Waals surface area contributed by atoms with Crippen LogP contribution in [0.4, 0.5) is 19.0 Å². The number of rotatable bonds is 4. The molecule has 0 aliphatic rings. The molecule has 126 valence electrons. The third-order valence-electron chi connectivity index (χ3n) is 2.87. The second kappa shape index (κ2) is 7.47. The van der Waals surface area contributed by atoms with Gasteiger partial charge in [0.05, 0.1) is 23.5 Å². The molecule has 0 unspecified atom stereocenters. The summed E-state index contributed by atoms with van der Waals surface area (Å²) < 4.78 is 40.4. The Kier molecular flexibility index (Phi) is 6.17. The SMILES string of the molecule is CNCC(=O)Nc1cc(C)nn1-c1ccccc1C(F)(F)F.Cl. The molecule has 0 spiro atoms. The van der Waals surface area contributed by atoms with Crippen molar-refractivity contribution in [2.75, 3.05) is 18.9 Å². The molecule has 0 saturated heterocycles. The summed E-state index contributed by atoms with van der Waals surface area (Å²) in [6.07, 6.45) is -4.51. The summed E-state index contributed by atoms with van der Waals surface area (Å²) in [6, 6.07) is 6.60. The van der Waals surface area contributed by atoms with Crippen LogP contribution in [0.25, 0.3) is 5.69 Å². The van der Waals surface area contributed by atoms with E-state index in [9.17, 15) is 18.0 Å². The fourth-order valence-corrected chi connectivity index (χ4v) is 2.02. The number of nitrogens with zero attached hydrogens (tertiary/aromatic N) is 2. The van der Waals surface area contributed by atoms with Gasteiger partial charge in [-0.1, -0.05) is 12.1 Å². The Morgan fingerprint density at radius 1 is 1.30 bits per heavy atom. The smallest absolute Gasteiger partial charge is 0.311 e. The predicted molar refractivity (Wildman–Crippen MR) is 83.1 cm³/mol. The van der Waals surface area contributed by atoms with Crippen LogP contribution in [0.2, 0.25) is 0 Å². The number of carbonyl (C=O) groups excluding carboxylic acids is 1. The molecule has 0 saturated carbocycles. The lowest BCUT2D eigenvalue weighted by Crippen LogP contribution is -2.26. The van der Waals surface area contributed by atoms with Crippen molar-refractivity contribution < 1.29 is 18.0 Å². The van der Waals surface area contributed by atoms with Crippen molar-refractivity contribution in [1.29, 1.82) is 0 Å². The highest BCUT2D eigenvalue weighted by Crippen LogP contribution is 2.34. The molecule has 0 aliphatic heterocycles. The second-order valence-electron chi connectivity index (χ2n) is 4.68. The Morgan fingerprint density at radius 2 is 1.96 bits per heavy atom. The van der Waals surface area contributed by atoms with Crippen LogP contribution >= 0.6 is 12.4 Å². The first-order valence-corrected chi connectivity index (χ1v) is 6.50. The monoisotopic (exact) mass is 348 g/mol. The Bertz CT molecular complexity index is 685. The minimum Gasteiger partial charge on any atom is -0.311 e. The Balaban J connectivity index is 0.00000264. The molecule has 2 N–H and O–H groups in total. The highest BCUT2D eigenvalue weighted by molar-refractivity contribution is 5.91. The lowest BCUT2D eigenvalue weighted by atomic mass is 10.1. The summed E-state index contributed by atoms with van der Waals surface area (Å²) in [7, 11) is 1.60. The van der Waals surface area contributed by atoms with Gasteiger partial charge in [-0.2, -0.15) is 18.3 Å². The number of alkyl halides is 3. The maximum absolute atomic E-state index is 13.1. The molecule has 1 amide bonds. The van der Waals surface area contributed by atoms with Crippen LogP contribution < -0.4 is 10.6 Å². The fourth-order valence-electron chi connectivity index (χ4n) is 2.02. The molecule has 0 radical (unpaired) electrons. The molecule has 5 nitrogen and oxygen atoms in total. The van der Waals surface area contributed by atoms with E-state index in [0.717, 1.165) is 10.7 Å². The number of para-hydroxylation sites is 1. The minimum atomic E-state index is -4.51.